The molecule has 11 rings (SSSR count). The summed E-state index contributed by atoms with van der Waals surface area (Å²) in [6.07, 6.45) is 0. The van der Waals surface area contributed by atoms with Gasteiger partial charge in [0, 0.05) is 54.7 Å². The lowest BCUT2D eigenvalue weighted by Gasteiger charge is -2.33. The summed E-state index contributed by atoms with van der Waals surface area (Å²) >= 11 is 1.90. The van der Waals surface area contributed by atoms with Gasteiger partial charge in [-0.2, -0.15) is 0 Å². The lowest BCUT2D eigenvalue weighted by molar-refractivity contribution is 0.598. The molecule has 290 valence electrons. The number of anilines is 6. The zero-order valence-electron chi connectivity index (χ0n) is 34.7. The highest BCUT2D eigenvalue weighted by Gasteiger charge is 2.36. The van der Waals surface area contributed by atoms with E-state index < -0.39 is 0 Å². The zero-order valence-corrected chi connectivity index (χ0v) is 35.5. The fourth-order valence-electron chi connectivity index (χ4n) is 10.0. The van der Waals surface area contributed by atoms with Crippen molar-refractivity contribution in [3.05, 3.63) is 205 Å². The number of benzene rings is 9. The first-order valence-electron chi connectivity index (χ1n) is 21.0. The highest BCUT2D eigenvalue weighted by Crippen LogP contribution is 2.56. The van der Waals surface area contributed by atoms with Crippen LogP contribution in [0.3, 0.4) is 0 Å². The molecular formula is C57H46N2S. The smallest absolute Gasteiger partial charge is 0.0473 e. The maximum atomic E-state index is 2.44. The second kappa shape index (κ2) is 13.8. The van der Waals surface area contributed by atoms with Gasteiger partial charge in [-0.15, -0.1) is 0 Å². The molecule has 0 amide bonds. The molecule has 0 bridgehead atoms. The molecule has 0 atom stereocenters. The van der Waals surface area contributed by atoms with Crippen molar-refractivity contribution in [1.29, 1.82) is 0 Å². The van der Waals surface area contributed by atoms with Gasteiger partial charge in [-0.25, -0.2) is 0 Å². The van der Waals surface area contributed by atoms with Crippen molar-refractivity contribution in [3.8, 4) is 22.3 Å². The first-order valence-corrected chi connectivity index (χ1v) is 21.8. The van der Waals surface area contributed by atoms with Crippen LogP contribution in [0.4, 0.5) is 34.1 Å². The number of rotatable bonds is 6. The molecule has 1 heterocycles. The van der Waals surface area contributed by atoms with Crippen molar-refractivity contribution in [2.45, 2.75) is 55.2 Å². The van der Waals surface area contributed by atoms with Crippen molar-refractivity contribution in [2.24, 2.45) is 0 Å². The SMILES string of the molecule is CC(C)(C)c1c2c3c(cccc3c3cc(N(c4ccccc4)c4ccccc4)ccc13)Sc1cc(N(c3ccccc3)c3ccc4c(c3)C(C)(C)c3ccccc3-4)ccc1-2. The summed E-state index contributed by atoms with van der Waals surface area (Å²) in [4.78, 5) is 7.39. The minimum Gasteiger partial charge on any atom is -0.310 e. The summed E-state index contributed by atoms with van der Waals surface area (Å²) in [6, 6.07) is 69.4. The molecule has 2 aliphatic rings. The van der Waals surface area contributed by atoms with E-state index in [0.717, 1.165) is 28.4 Å². The largest absolute Gasteiger partial charge is 0.310 e. The van der Waals surface area contributed by atoms with Gasteiger partial charge in [0.15, 0.2) is 0 Å². The lowest BCUT2D eigenvalue weighted by Crippen LogP contribution is -2.17. The highest BCUT2D eigenvalue weighted by atomic mass is 32.2. The van der Waals surface area contributed by atoms with Crippen LogP contribution in [0.5, 0.6) is 0 Å². The molecule has 2 nitrogen and oxygen atoms in total. The van der Waals surface area contributed by atoms with Gasteiger partial charge in [0.1, 0.15) is 0 Å². The van der Waals surface area contributed by atoms with E-state index >= 15 is 0 Å². The Bertz CT molecular complexity index is 3090. The van der Waals surface area contributed by atoms with E-state index in [2.05, 4.69) is 232 Å². The van der Waals surface area contributed by atoms with Crippen LogP contribution >= 0.6 is 11.8 Å². The monoisotopic (exact) mass is 790 g/mol. The molecule has 60 heavy (non-hydrogen) atoms. The van der Waals surface area contributed by atoms with Gasteiger partial charge >= 0.3 is 0 Å². The van der Waals surface area contributed by atoms with Gasteiger partial charge in [0.05, 0.1) is 0 Å². The topological polar surface area (TPSA) is 6.48 Å². The number of hydrogen-bond donors (Lipinski definition) is 0. The van der Waals surface area contributed by atoms with Crippen LogP contribution in [0.15, 0.2) is 198 Å². The molecule has 3 heteroatoms. The molecular weight excluding hydrogens is 745 g/mol. The second-order valence-corrected chi connectivity index (χ2v) is 18.9. The molecule has 1 aliphatic carbocycles. The van der Waals surface area contributed by atoms with E-state index in [9.17, 15) is 0 Å². The molecule has 9 aromatic carbocycles. The Labute approximate surface area is 357 Å². The van der Waals surface area contributed by atoms with E-state index in [4.69, 9.17) is 0 Å². The van der Waals surface area contributed by atoms with Gasteiger partial charge in [0.2, 0.25) is 0 Å². The fraction of sp³-hybridized carbons (Fsp3) is 0.123. The first-order chi connectivity index (χ1) is 29.2. The molecule has 0 aromatic heterocycles. The van der Waals surface area contributed by atoms with Gasteiger partial charge in [0.25, 0.3) is 0 Å². The van der Waals surface area contributed by atoms with E-state index in [1.54, 1.807) is 0 Å². The third-order valence-electron chi connectivity index (χ3n) is 12.7. The predicted molar refractivity (Wildman–Crippen MR) is 257 cm³/mol. The van der Waals surface area contributed by atoms with Gasteiger partial charge in [-0.3, -0.25) is 0 Å². The summed E-state index contributed by atoms with van der Waals surface area (Å²) in [6.45, 7) is 11.9. The van der Waals surface area contributed by atoms with E-state index in [-0.39, 0.29) is 10.8 Å². The van der Waals surface area contributed by atoms with Crippen LogP contribution in [0.1, 0.15) is 51.3 Å². The van der Waals surface area contributed by atoms with Crippen LogP contribution in [-0.2, 0) is 10.8 Å². The molecule has 0 saturated carbocycles. The third kappa shape index (κ3) is 5.71. The summed E-state index contributed by atoms with van der Waals surface area (Å²) in [7, 11) is 0. The number of nitrogens with zero attached hydrogens (tertiary/aromatic N) is 2. The van der Waals surface area contributed by atoms with Crippen molar-refractivity contribution in [1.82, 2.24) is 0 Å². The number of hydrogen-bond acceptors (Lipinski definition) is 3. The van der Waals surface area contributed by atoms with Crippen molar-refractivity contribution >= 4 is 67.4 Å². The molecule has 1 aliphatic heterocycles. The maximum Gasteiger partial charge on any atom is 0.0473 e. The summed E-state index contributed by atoms with van der Waals surface area (Å²) in [5.74, 6) is 0. The minimum absolute atomic E-state index is 0.0906. The summed E-state index contributed by atoms with van der Waals surface area (Å²) < 4.78 is 0. The first kappa shape index (κ1) is 36.5. The number of fused-ring (bicyclic) bond motifs is 7. The Kier molecular flexibility index (Phi) is 8.38. The zero-order chi connectivity index (χ0) is 40.8. The molecule has 0 fully saturated rings. The third-order valence-corrected chi connectivity index (χ3v) is 13.8. The van der Waals surface area contributed by atoms with Crippen LogP contribution < -0.4 is 9.80 Å². The maximum absolute atomic E-state index is 2.44. The van der Waals surface area contributed by atoms with E-state index in [1.165, 1.54) is 76.0 Å². The Morgan fingerprint density at radius 3 is 1.58 bits per heavy atom. The van der Waals surface area contributed by atoms with Gasteiger partial charge in [-0.1, -0.05) is 156 Å². The average Bonchev–Trinajstić information content (AvgIpc) is 3.50. The Balaban J connectivity index is 1.10. The fourth-order valence-corrected chi connectivity index (χ4v) is 11.2. The molecule has 0 N–H and O–H groups in total. The van der Waals surface area contributed by atoms with Crippen LogP contribution in [0, 0.1) is 0 Å². The normalized spacial score (nSPS) is 13.5. The lowest BCUT2D eigenvalue weighted by atomic mass is 9.76. The second-order valence-electron chi connectivity index (χ2n) is 17.8. The minimum atomic E-state index is -0.127. The van der Waals surface area contributed by atoms with Crippen molar-refractivity contribution in [3.63, 3.8) is 0 Å². The molecule has 0 radical (unpaired) electrons. The van der Waals surface area contributed by atoms with Crippen molar-refractivity contribution < 1.29 is 0 Å². The molecule has 0 saturated heterocycles. The Morgan fingerprint density at radius 1 is 0.400 bits per heavy atom. The average molecular weight is 791 g/mol. The van der Waals surface area contributed by atoms with Crippen molar-refractivity contribution in [2.75, 3.05) is 9.80 Å². The Hall–Kier alpha value is -6.55. The van der Waals surface area contributed by atoms with Crippen LogP contribution in [-0.4, -0.2) is 0 Å². The summed E-state index contributed by atoms with van der Waals surface area (Å²) in [5.41, 5.74) is 16.2. The van der Waals surface area contributed by atoms with Gasteiger partial charge in [-0.05, 0) is 139 Å². The Morgan fingerprint density at radius 2 is 0.933 bits per heavy atom. The highest BCUT2D eigenvalue weighted by molar-refractivity contribution is 7.99. The predicted octanol–water partition coefficient (Wildman–Crippen LogP) is 16.7. The standard InChI is InChI=1S/C57H46N2S/c1-56(2,3)55-46-32-29-40(58(37-18-9-6-10-19-37)38-20-11-7-12-21-38)34-48(46)45-25-17-27-51-53(45)54(55)47-33-30-42(36-52(47)60-51)59(39-22-13-8-14-23-39)41-28-31-44-43-24-15-16-26-49(43)57(4,5)50(44)35-41/h6-36H,1-5H3. The van der Waals surface area contributed by atoms with Crippen LogP contribution in [0.2, 0.25) is 0 Å². The van der Waals surface area contributed by atoms with E-state index in [1.807, 2.05) is 11.8 Å². The molecule has 0 unspecified atom stereocenters. The molecule has 9 aromatic rings. The summed E-state index contributed by atoms with van der Waals surface area (Å²) in [5, 5.41) is 5.24. The number of para-hydroxylation sites is 3. The molecule has 0 spiro atoms. The van der Waals surface area contributed by atoms with E-state index in [0.29, 0.717) is 0 Å². The quantitative estimate of drug-likeness (QED) is 0.155. The van der Waals surface area contributed by atoms with Gasteiger partial charge < -0.3 is 9.80 Å². The van der Waals surface area contributed by atoms with Crippen LogP contribution in [0.25, 0.3) is 43.8 Å².